The van der Waals surface area contributed by atoms with Crippen molar-refractivity contribution < 1.29 is 14.0 Å². The van der Waals surface area contributed by atoms with Crippen molar-refractivity contribution in [1.29, 1.82) is 0 Å². The van der Waals surface area contributed by atoms with Gasteiger partial charge in [-0.2, -0.15) is 5.90 Å². The number of hydrogen-bond donors (Lipinski definition) is 1. The molecule has 1 aromatic heterocycles. The maximum Gasteiger partial charge on any atom is 0.378 e. The van der Waals surface area contributed by atoms with Crippen molar-refractivity contribution in [3.05, 3.63) is 47.0 Å². The number of aromatic nitrogens is 3. The third kappa shape index (κ3) is 2.35. The second-order valence-electron chi connectivity index (χ2n) is 3.74. The molecular formula is C11H11FN4O2. The molecule has 0 saturated heterocycles. The van der Waals surface area contributed by atoms with Crippen LogP contribution in [-0.2, 0) is 11.4 Å². The third-order valence-corrected chi connectivity index (χ3v) is 2.53. The van der Waals surface area contributed by atoms with Crippen molar-refractivity contribution >= 4 is 5.97 Å². The summed E-state index contributed by atoms with van der Waals surface area (Å²) in [5.41, 5.74) is 1.27. The lowest BCUT2D eigenvalue weighted by molar-refractivity contribution is 0.0496. The molecule has 0 aliphatic carbocycles. The van der Waals surface area contributed by atoms with E-state index < -0.39 is 5.97 Å². The Hall–Kier alpha value is -2.28. The molecule has 94 valence electrons. The number of nitrogens with two attached hydrogens (primary N) is 1. The summed E-state index contributed by atoms with van der Waals surface area (Å²) in [6.07, 6.45) is 1.35. The molecule has 6 nitrogen and oxygen atoms in total. The first-order chi connectivity index (χ1) is 8.61. The van der Waals surface area contributed by atoms with Gasteiger partial charge in [-0.15, -0.1) is 5.10 Å². The predicted octanol–water partition coefficient (Wildman–Crippen LogP) is 0.804. The van der Waals surface area contributed by atoms with Crippen LogP contribution in [0.2, 0.25) is 0 Å². The summed E-state index contributed by atoms with van der Waals surface area (Å²) in [7, 11) is 0. The van der Waals surface area contributed by atoms with E-state index in [0.717, 1.165) is 5.56 Å². The molecule has 2 rings (SSSR count). The number of nitrogens with zero attached hydrogens (tertiary/aromatic N) is 3. The minimum Gasteiger partial charge on any atom is -0.368 e. The van der Waals surface area contributed by atoms with Crippen LogP contribution in [0.1, 0.15) is 21.6 Å². The number of halogens is 1. The standard InChI is InChI=1S/C11H11FN4O2/c1-7-3-2-4-9(12)8(7)5-16-6-10(14-15-16)11(17)18-13/h2-4,6H,5,13H2,1H3. The van der Waals surface area contributed by atoms with Gasteiger partial charge in [-0.25, -0.2) is 13.9 Å². The Labute approximate surface area is 102 Å². The molecule has 1 aromatic carbocycles. The Kier molecular flexibility index (Phi) is 3.33. The Morgan fingerprint density at radius 2 is 2.33 bits per heavy atom. The van der Waals surface area contributed by atoms with Gasteiger partial charge in [0.05, 0.1) is 12.7 Å². The monoisotopic (exact) mass is 250 g/mol. The van der Waals surface area contributed by atoms with E-state index in [9.17, 15) is 9.18 Å². The van der Waals surface area contributed by atoms with Crippen molar-refractivity contribution in [2.24, 2.45) is 5.90 Å². The number of carbonyl (C=O) groups is 1. The second-order valence-corrected chi connectivity index (χ2v) is 3.74. The fourth-order valence-corrected chi connectivity index (χ4v) is 1.56. The predicted molar refractivity (Wildman–Crippen MR) is 59.9 cm³/mol. The highest BCUT2D eigenvalue weighted by atomic mass is 19.1. The molecule has 0 radical (unpaired) electrons. The van der Waals surface area contributed by atoms with E-state index in [1.165, 1.54) is 16.9 Å². The number of rotatable bonds is 3. The maximum absolute atomic E-state index is 13.6. The SMILES string of the molecule is Cc1cccc(F)c1Cn1cc(C(=O)ON)nn1. The maximum atomic E-state index is 13.6. The van der Waals surface area contributed by atoms with E-state index in [1.807, 2.05) is 0 Å². The molecule has 2 N–H and O–H groups in total. The van der Waals surface area contributed by atoms with Gasteiger partial charge in [0.1, 0.15) is 5.82 Å². The molecule has 0 spiro atoms. The summed E-state index contributed by atoms with van der Waals surface area (Å²) in [4.78, 5) is 15.1. The lowest BCUT2D eigenvalue weighted by atomic mass is 10.1. The third-order valence-electron chi connectivity index (χ3n) is 2.53. The van der Waals surface area contributed by atoms with Crippen molar-refractivity contribution in [2.75, 3.05) is 0 Å². The van der Waals surface area contributed by atoms with Crippen LogP contribution in [0.3, 0.4) is 0 Å². The summed E-state index contributed by atoms with van der Waals surface area (Å²) < 4.78 is 14.9. The van der Waals surface area contributed by atoms with Crippen molar-refractivity contribution in [2.45, 2.75) is 13.5 Å². The molecule has 0 saturated carbocycles. The van der Waals surface area contributed by atoms with Crippen LogP contribution in [-0.4, -0.2) is 21.0 Å². The van der Waals surface area contributed by atoms with Crippen LogP contribution in [0, 0.1) is 12.7 Å². The second kappa shape index (κ2) is 4.92. The first-order valence-electron chi connectivity index (χ1n) is 5.17. The molecule has 0 bridgehead atoms. The molecular weight excluding hydrogens is 239 g/mol. The van der Waals surface area contributed by atoms with E-state index >= 15 is 0 Å². The molecule has 0 aliphatic rings. The van der Waals surface area contributed by atoms with E-state index in [4.69, 9.17) is 5.90 Å². The summed E-state index contributed by atoms with van der Waals surface area (Å²) in [6.45, 7) is 1.98. The van der Waals surface area contributed by atoms with Gasteiger partial charge in [-0.1, -0.05) is 17.3 Å². The summed E-state index contributed by atoms with van der Waals surface area (Å²) in [5, 5.41) is 7.28. The van der Waals surface area contributed by atoms with Crippen molar-refractivity contribution in [1.82, 2.24) is 15.0 Å². The first-order valence-corrected chi connectivity index (χ1v) is 5.17. The smallest absolute Gasteiger partial charge is 0.368 e. The fraction of sp³-hybridized carbons (Fsp3) is 0.182. The van der Waals surface area contributed by atoms with Crippen molar-refractivity contribution in [3.8, 4) is 0 Å². The number of hydrogen-bond acceptors (Lipinski definition) is 5. The molecule has 0 atom stereocenters. The fourth-order valence-electron chi connectivity index (χ4n) is 1.56. The lowest BCUT2D eigenvalue weighted by Gasteiger charge is -2.06. The quantitative estimate of drug-likeness (QED) is 0.815. The largest absolute Gasteiger partial charge is 0.378 e. The highest BCUT2D eigenvalue weighted by Crippen LogP contribution is 2.13. The normalized spacial score (nSPS) is 10.4. The van der Waals surface area contributed by atoms with Crippen LogP contribution in [0.15, 0.2) is 24.4 Å². The van der Waals surface area contributed by atoms with Gasteiger partial charge in [-0.3, -0.25) is 0 Å². The van der Waals surface area contributed by atoms with Gasteiger partial charge in [0.15, 0.2) is 5.69 Å². The molecule has 0 aliphatic heterocycles. The molecule has 2 aromatic rings. The highest BCUT2D eigenvalue weighted by molar-refractivity contribution is 5.86. The Morgan fingerprint density at radius 1 is 1.56 bits per heavy atom. The molecule has 18 heavy (non-hydrogen) atoms. The van der Waals surface area contributed by atoms with E-state index in [1.54, 1.807) is 19.1 Å². The van der Waals surface area contributed by atoms with Gasteiger partial charge >= 0.3 is 5.97 Å². The topological polar surface area (TPSA) is 83.0 Å². The first kappa shape index (κ1) is 12.2. The van der Waals surface area contributed by atoms with E-state index in [-0.39, 0.29) is 18.1 Å². The molecule has 7 heteroatoms. The molecule has 1 heterocycles. The Morgan fingerprint density at radius 3 is 3.00 bits per heavy atom. The summed E-state index contributed by atoms with van der Waals surface area (Å²) in [6, 6.07) is 4.80. The minimum atomic E-state index is -0.786. The van der Waals surface area contributed by atoms with Gasteiger partial charge < -0.3 is 4.84 Å². The zero-order valence-corrected chi connectivity index (χ0v) is 9.63. The number of benzene rings is 1. The van der Waals surface area contributed by atoms with Crippen LogP contribution < -0.4 is 5.90 Å². The summed E-state index contributed by atoms with van der Waals surface area (Å²) in [5.74, 6) is 3.62. The van der Waals surface area contributed by atoms with E-state index in [2.05, 4.69) is 15.1 Å². The molecule has 0 unspecified atom stereocenters. The number of carbonyl (C=O) groups excluding carboxylic acids is 1. The molecule has 0 fully saturated rings. The van der Waals surface area contributed by atoms with Crippen LogP contribution in [0.25, 0.3) is 0 Å². The summed E-state index contributed by atoms with van der Waals surface area (Å²) >= 11 is 0. The van der Waals surface area contributed by atoms with Gasteiger partial charge in [0.2, 0.25) is 0 Å². The lowest BCUT2D eigenvalue weighted by Crippen LogP contribution is -2.10. The van der Waals surface area contributed by atoms with Crippen LogP contribution >= 0.6 is 0 Å². The average molecular weight is 250 g/mol. The minimum absolute atomic E-state index is 0.0218. The zero-order valence-electron chi connectivity index (χ0n) is 9.63. The average Bonchev–Trinajstić information content (AvgIpc) is 2.81. The highest BCUT2D eigenvalue weighted by Gasteiger charge is 2.13. The number of aryl methyl sites for hydroxylation is 1. The Bertz CT molecular complexity index is 562. The van der Waals surface area contributed by atoms with Crippen molar-refractivity contribution in [3.63, 3.8) is 0 Å². The van der Waals surface area contributed by atoms with Gasteiger partial charge in [0.25, 0.3) is 0 Å². The molecule has 0 amide bonds. The van der Waals surface area contributed by atoms with Gasteiger partial charge in [0, 0.05) is 5.56 Å². The van der Waals surface area contributed by atoms with Gasteiger partial charge in [-0.05, 0) is 18.6 Å². The Balaban J connectivity index is 2.24. The zero-order chi connectivity index (χ0) is 13.1. The van der Waals surface area contributed by atoms with Crippen LogP contribution in [0.5, 0.6) is 0 Å². The van der Waals surface area contributed by atoms with E-state index in [0.29, 0.717) is 5.56 Å². The van der Waals surface area contributed by atoms with Crippen LogP contribution in [0.4, 0.5) is 4.39 Å².